The zero-order chi connectivity index (χ0) is 14.8. The number of alkyl halides is 1. The highest BCUT2D eigenvalue weighted by Gasteiger charge is 2.25. The molecular weight excluding hydrogens is 270 g/mol. The van der Waals surface area contributed by atoms with Crippen molar-refractivity contribution in [2.24, 2.45) is 5.92 Å². The molecule has 20 heavy (non-hydrogen) atoms. The van der Waals surface area contributed by atoms with Gasteiger partial charge in [-0.05, 0) is 24.3 Å². The lowest BCUT2D eigenvalue weighted by molar-refractivity contribution is -0.123. The van der Waals surface area contributed by atoms with E-state index in [1.807, 2.05) is 30.3 Å². The predicted molar refractivity (Wildman–Crippen MR) is 86.2 cm³/mol. The number of carbonyl (C=O) groups is 1. The molecule has 0 aliphatic carbocycles. The third-order valence-electron chi connectivity index (χ3n) is 3.76. The lowest BCUT2D eigenvalue weighted by Gasteiger charge is -2.22. The van der Waals surface area contributed by atoms with Crippen LogP contribution in [0.25, 0.3) is 0 Å². The lowest BCUT2D eigenvalue weighted by Crippen LogP contribution is -2.33. The first-order valence-corrected chi connectivity index (χ1v) is 8.12. The second kappa shape index (κ2) is 9.82. The van der Waals surface area contributed by atoms with Crippen molar-refractivity contribution in [2.45, 2.75) is 45.4 Å². The zero-order valence-corrected chi connectivity index (χ0v) is 13.3. The monoisotopic (exact) mass is 295 g/mol. The average Bonchev–Trinajstić information content (AvgIpc) is 2.48. The van der Waals surface area contributed by atoms with Crippen LogP contribution < -0.4 is 5.32 Å². The molecule has 2 nitrogen and oxygen atoms in total. The maximum atomic E-state index is 12.4. The minimum Gasteiger partial charge on any atom is -0.356 e. The largest absolute Gasteiger partial charge is 0.356 e. The van der Waals surface area contributed by atoms with E-state index in [1.165, 1.54) is 0 Å². The summed E-state index contributed by atoms with van der Waals surface area (Å²) in [5.41, 5.74) is 1.11. The van der Waals surface area contributed by atoms with Gasteiger partial charge in [0.05, 0.1) is 5.92 Å². The summed E-state index contributed by atoms with van der Waals surface area (Å²) in [6, 6.07) is 10.1. The van der Waals surface area contributed by atoms with Crippen molar-refractivity contribution in [3.63, 3.8) is 0 Å². The van der Waals surface area contributed by atoms with Gasteiger partial charge >= 0.3 is 0 Å². The summed E-state index contributed by atoms with van der Waals surface area (Å²) >= 11 is 5.65. The standard InChI is InChI=1S/C17H26ClNO/c1-3-14(2)16(15-10-6-4-7-11-15)17(20)19-13-9-5-8-12-18/h4,6-7,10-11,14,16H,3,5,8-9,12-13H2,1-2H3,(H,19,20). The Morgan fingerprint density at radius 1 is 1.20 bits per heavy atom. The first-order chi connectivity index (χ1) is 9.70. The highest BCUT2D eigenvalue weighted by atomic mass is 35.5. The molecule has 0 bridgehead atoms. The predicted octanol–water partition coefficient (Wildman–Crippen LogP) is 4.34. The smallest absolute Gasteiger partial charge is 0.227 e. The Kier molecular flexibility index (Phi) is 8.36. The zero-order valence-electron chi connectivity index (χ0n) is 12.6. The molecule has 1 aromatic rings. The van der Waals surface area contributed by atoms with Crippen molar-refractivity contribution in [3.05, 3.63) is 35.9 Å². The quantitative estimate of drug-likeness (QED) is 0.533. The number of benzene rings is 1. The summed E-state index contributed by atoms with van der Waals surface area (Å²) < 4.78 is 0. The molecule has 0 spiro atoms. The first-order valence-electron chi connectivity index (χ1n) is 7.59. The fourth-order valence-electron chi connectivity index (χ4n) is 2.35. The van der Waals surface area contributed by atoms with Crippen LogP contribution in [0, 0.1) is 5.92 Å². The van der Waals surface area contributed by atoms with Crippen LogP contribution in [-0.4, -0.2) is 18.3 Å². The van der Waals surface area contributed by atoms with E-state index in [-0.39, 0.29) is 11.8 Å². The molecule has 1 rings (SSSR count). The second-order valence-electron chi connectivity index (χ2n) is 5.31. The maximum absolute atomic E-state index is 12.4. The SMILES string of the molecule is CCC(C)C(C(=O)NCCCCCCl)c1ccccc1. The summed E-state index contributed by atoms with van der Waals surface area (Å²) in [6.45, 7) is 5.02. The van der Waals surface area contributed by atoms with Gasteiger partial charge in [0.1, 0.15) is 0 Å². The van der Waals surface area contributed by atoms with E-state index in [0.29, 0.717) is 11.8 Å². The molecule has 0 aromatic heterocycles. The van der Waals surface area contributed by atoms with E-state index in [1.54, 1.807) is 0 Å². The van der Waals surface area contributed by atoms with Crippen molar-refractivity contribution in [1.29, 1.82) is 0 Å². The number of hydrogen-bond acceptors (Lipinski definition) is 1. The number of amides is 1. The van der Waals surface area contributed by atoms with Crippen LogP contribution in [0.2, 0.25) is 0 Å². The summed E-state index contributed by atoms with van der Waals surface area (Å²) in [7, 11) is 0. The van der Waals surface area contributed by atoms with Gasteiger partial charge in [-0.1, -0.05) is 57.0 Å². The van der Waals surface area contributed by atoms with Gasteiger partial charge in [-0.15, -0.1) is 11.6 Å². The van der Waals surface area contributed by atoms with Gasteiger partial charge in [-0.2, -0.15) is 0 Å². The van der Waals surface area contributed by atoms with E-state index in [9.17, 15) is 4.79 Å². The average molecular weight is 296 g/mol. The van der Waals surface area contributed by atoms with Gasteiger partial charge in [0, 0.05) is 12.4 Å². The minimum atomic E-state index is -0.0470. The molecule has 0 saturated heterocycles. The van der Waals surface area contributed by atoms with Gasteiger partial charge in [0.2, 0.25) is 5.91 Å². The molecule has 1 N–H and O–H groups in total. The van der Waals surface area contributed by atoms with Crippen molar-refractivity contribution in [1.82, 2.24) is 5.32 Å². The van der Waals surface area contributed by atoms with Crippen LogP contribution in [-0.2, 0) is 4.79 Å². The van der Waals surface area contributed by atoms with E-state index in [4.69, 9.17) is 11.6 Å². The number of nitrogens with one attached hydrogen (secondary N) is 1. The Morgan fingerprint density at radius 3 is 2.50 bits per heavy atom. The molecule has 0 aliphatic heterocycles. The molecule has 1 aromatic carbocycles. The maximum Gasteiger partial charge on any atom is 0.227 e. The molecule has 1 amide bonds. The number of carbonyl (C=O) groups excluding carboxylic acids is 1. The minimum absolute atomic E-state index is 0.0470. The van der Waals surface area contributed by atoms with Crippen molar-refractivity contribution in [3.8, 4) is 0 Å². The van der Waals surface area contributed by atoms with Crippen LogP contribution in [0.1, 0.15) is 51.0 Å². The molecule has 0 fully saturated rings. The van der Waals surface area contributed by atoms with Crippen molar-refractivity contribution < 1.29 is 4.79 Å². The number of rotatable bonds is 9. The molecule has 112 valence electrons. The normalized spacial score (nSPS) is 13.8. The third kappa shape index (κ3) is 5.54. The van der Waals surface area contributed by atoms with Crippen molar-refractivity contribution >= 4 is 17.5 Å². The summed E-state index contributed by atoms with van der Waals surface area (Å²) in [5.74, 6) is 1.15. The van der Waals surface area contributed by atoms with Crippen LogP contribution in [0.5, 0.6) is 0 Å². The number of halogens is 1. The van der Waals surface area contributed by atoms with Gasteiger partial charge in [0.25, 0.3) is 0 Å². The van der Waals surface area contributed by atoms with E-state index in [2.05, 4.69) is 19.2 Å². The lowest BCUT2D eigenvalue weighted by atomic mass is 9.85. The highest BCUT2D eigenvalue weighted by molar-refractivity contribution is 6.17. The molecule has 3 heteroatoms. The Labute approximate surface area is 127 Å². The van der Waals surface area contributed by atoms with E-state index in [0.717, 1.165) is 37.8 Å². The summed E-state index contributed by atoms with van der Waals surface area (Å²) in [5, 5.41) is 3.07. The van der Waals surface area contributed by atoms with Gasteiger partial charge in [-0.25, -0.2) is 0 Å². The molecular formula is C17H26ClNO. The molecule has 0 radical (unpaired) electrons. The van der Waals surface area contributed by atoms with E-state index >= 15 is 0 Å². The van der Waals surface area contributed by atoms with Crippen LogP contribution >= 0.6 is 11.6 Å². The Morgan fingerprint density at radius 2 is 1.90 bits per heavy atom. The Bertz CT molecular complexity index is 380. The third-order valence-corrected chi connectivity index (χ3v) is 4.03. The topological polar surface area (TPSA) is 29.1 Å². The fourth-order valence-corrected chi connectivity index (χ4v) is 2.54. The summed E-state index contributed by atoms with van der Waals surface area (Å²) in [6.07, 6.45) is 4.09. The molecule has 0 saturated carbocycles. The van der Waals surface area contributed by atoms with Gasteiger partial charge in [0.15, 0.2) is 0 Å². The van der Waals surface area contributed by atoms with Crippen molar-refractivity contribution in [2.75, 3.05) is 12.4 Å². The number of unbranched alkanes of at least 4 members (excludes halogenated alkanes) is 2. The molecule has 2 atom stereocenters. The van der Waals surface area contributed by atoms with Crippen LogP contribution in [0.15, 0.2) is 30.3 Å². The highest BCUT2D eigenvalue weighted by Crippen LogP contribution is 2.27. The van der Waals surface area contributed by atoms with Gasteiger partial charge in [-0.3, -0.25) is 4.79 Å². The summed E-state index contributed by atoms with van der Waals surface area (Å²) in [4.78, 5) is 12.4. The molecule has 0 heterocycles. The fraction of sp³-hybridized carbons (Fsp3) is 0.588. The van der Waals surface area contributed by atoms with E-state index < -0.39 is 0 Å². The second-order valence-corrected chi connectivity index (χ2v) is 5.69. The van der Waals surface area contributed by atoms with Crippen LogP contribution in [0.3, 0.4) is 0 Å². The van der Waals surface area contributed by atoms with Crippen LogP contribution in [0.4, 0.5) is 0 Å². The number of hydrogen-bond donors (Lipinski definition) is 1. The Hall–Kier alpha value is -1.02. The first kappa shape index (κ1) is 17.0. The molecule has 0 aliphatic rings. The van der Waals surface area contributed by atoms with Gasteiger partial charge < -0.3 is 5.32 Å². The Balaban J connectivity index is 2.58. The molecule has 2 unspecified atom stereocenters.